The molecule has 3 rings (SSSR count). The van der Waals surface area contributed by atoms with Gasteiger partial charge in [0.25, 0.3) is 0 Å². The summed E-state index contributed by atoms with van der Waals surface area (Å²) in [5.41, 5.74) is 2.19. The van der Waals surface area contributed by atoms with Crippen LogP contribution < -0.4 is 0 Å². The van der Waals surface area contributed by atoms with Gasteiger partial charge in [-0.25, -0.2) is 0 Å². The maximum Gasteiger partial charge on any atom is 0.178 e. The Labute approximate surface area is 126 Å². The molecule has 19 heavy (non-hydrogen) atoms. The molecule has 0 aliphatic carbocycles. The van der Waals surface area contributed by atoms with Crippen molar-refractivity contribution in [1.29, 1.82) is 0 Å². The van der Waals surface area contributed by atoms with Crippen LogP contribution in [0.4, 0.5) is 0 Å². The minimum Gasteiger partial charge on any atom is -0.375 e. The van der Waals surface area contributed by atoms with E-state index in [-0.39, 0.29) is 5.60 Å². The van der Waals surface area contributed by atoms with Gasteiger partial charge >= 0.3 is 0 Å². The molecule has 102 valence electrons. The quantitative estimate of drug-likeness (QED) is 0.769. The molecule has 2 aromatic rings. The second-order valence-electron chi connectivity index (χ2n) is 5.72. The first kappa shape index (κ1) is 13.3. The molecular formula is C14H17BrN2OS. The van der Waals surface area contributed by atoms with Crippen LogP contribution in [0.25, 0.3) is 11.0 Å². The number of nitrogens with zero attached hydrogens (tertiary/aromatic N) is 1. The van der Waals surface area contributed by atoms with Crippen molar-refractivity contribution in [3.8, 4) is 0 Å². The first-order valence-electron chi connectivity index (χ1n) is 6.50. The summed E-state index contributed by atoms with van der Waals surface area (Å²) in [6.07, 6.45) is 2.01. The van der Waals surface area contributed by atoms with Gasteiger partial charge in [-0.2, -0.15) is 0 Å². The molecule has 1 fully saturated rings. The summed E-state index contributed by atoms with van der Waals surface area (Å²) < 4.78 is 9.92. The molecule has 0 radical (unpaired) electrons. The van der Waals surface area contributed by atoms with Gasteiger partial charge in [-0.15, -0.1) is 0 Å². The highest BCUT2D eigenvalue weighted by atomic mass is 79.9. The van der Waals surface area contributed by atoms with E-state index < -0.39 is 0 Å². The lowest BCUT2D eigenvalue weighted by atomic mass is 9.93. The van der Waals surface area contributed by atoms with Crippen LogP contribution in [-0.4, -0.2) is 21.8 Å². The predicted octanol–water partition coefficient (Wildman–Crippen LogP) is 4.59. The van der Waals surface area contributed by atoms with Crippen LogP contribution >= 0.6 is 28.1 Å². The van der Waals surface area contributed by atoms with Crippen molar-refractivity contribution in [2.75, 3.05) is 6.61 Å². The van der Waals surface area contributed by atoms with Gasteiger partial charge < -0.3 is 14.3 Å². The molecule has 1 aliphatic heterocycles. The van der Waals surface area contributed by atoms with Gasteiger partial charge in [0, 0.05) is 17.1 Å². The summed E-state index contributed by atoms with van der Waals surface area (Å²) in [6, 6.07) is 6.66. The van der Waals surface area contributed by atoms with E-state index in [4.69, 9.17) is 17.0 Å². The highest BCUT2D eigenvalue weighted by Crippen LogP contribution is 2.34. The van der Waals surface area contributed by atoms with Crippen LogP contribution in [0.1, 0.15) is 32.7 Å². The first-order valence-corrected chi connectivity index (χ1v) is 7.70. The number of nitrogens with one attached hydrogen (secondary N) is 1. The highest BCUT2D eigenvalue weighted by molar-refractivity contribution is 9.10. The van der Waals surface area contributed by atoms with Gasteiger partial charge in [0.1, 0.15) is 0 Å². The Morgan fingerprint density at radius 1 is 1.47 bits per heavy atom. The van der Waals surface area contributed by atoms with Gasteiger partial charge in [0.05, 0.1) is 16.6 Å². The molecule has 1 saturated heterocycles. The fraction of sp³-hybridized carbons (Fsp3) is 0.500. The van der Waals surface area contributed by atoms with Crippen LogP contribution in [0.15, 0.2) is 22.7 Å². The molecular weight excluding hydrogens is 324 g/mol. The summed E-state index contributed by atoms with van der Waals surface area (Å²) in [5, 5.41) is 0. The Morgan fingerprint density at radius 2 is 2.26 bits per heavy atom. The third-order valence-corrected chi connectivity index (χ3v) is 4.51. The van der Waals surface area contributed by atoms with E-state index in [0.717, 1.165) is 34.2 Å². The summed E-state index contributed by atoms with van der Waals surface area (Å²) in [6.45, 7) is 5.09. The van der Waals surface area contributed by atoms with Gasteiger partial charge in [-0.3, -0.25) is 0 Å². The number of imidazole rings is 1. The summed E-state index contributed by atoms with van der Waals surface area (Å²) >= 11 is 9.00. The summed E-state index contributed by atoms with van der Waals surface area (Å²) in [7, 11) is 0. The Kier molecular flexibility index (Phi) is 3.31. The van der Waals surface area contributed by atoms with E-state index in [9.17, 15) is 0 Å². The number of benzene rings is 1. The largest absolute Gasteiger partial charge is 0.375 e. The zero-order chi connectivity index (χ0) is 13.6. The van der Waals surface area contributed by atoms with Crippen LogP contribution in [0.3, 0.4) is 0 Å². The van der Waals surface area contributed by atoms with Crippen LogP contribution in [-0.2, 0) is 4.74 Å². The van der Waals surface area contributed by atoms with Crippen molar-refractivity contribution < 1.29 is 4.74 Å². The maximum atomic E-state index is 5.80. The van der Waals surface area contributed by atoms with Gasteiger partial charge in [-0.05, 0) is 57.1 Å². The van der Waals surface area contributed by atoms with Crippen molar-refractivity contribution in [3.05, 3.63) is 27.4 Å². The van der Waals surface area contributed by atoms with E-state index >= 15 is 0 Å². The number of fused-ring (bicyclic) bond motifs is 1. The molecule has 0 bridgehead atoms. The zero-order valence-corrected chi connectivity index (χ0v) is 13.5. The Balaban J connectivity index is 2.09. The lowest BCUT2D eigenvalue weighted by Crippen LogP contribution is -2.35. The third-order valence-electron chi connectivity index (χ3n) is 3.71. The Hall–Kier alpha value is -0.650. The number of aromatic nitrogens is 2. The molecule has 1 aromatic carbocycles. The smallest absolute Gasteiger partial charge is 0.178 e. The SMILES string of the molecule is CC1(C)CC(n2c(=S)[nH]c3cc(Br)ccc32)CCO1. The molecule has 0 amide bonds. The van der Waals surface area contributed by atoms with Crippen LogP contribution in [0, 0.1) is 4.77 Å². The van der Waals surface area contributed by atoms with Crippen molar-refractivity contribution in [1.82, 2.24) is 9.55 Å². The highest BCUT2D eigenvalue weighted by Gasteiger charge is 2.30. The zero-order valence-electron chi connectivity index (χ0n) is 11.1. The second-order valence-corrected chi connectivity index (χ2v) is 7.02. The number of rotatable bonds is 1. The molecule has 0 saturated carbocycles. The van der Waals surface area contributed by atoms with E-state index in [0.29, 0.717) is 6.04 Å². The van der Waals surface area contributed by atoms with Crippen molar-refractivity contribution >= 4 is 39.2 Å². The molecule has 0 spiro atoms. The minimum atomic E-state index is -0.0728. The van der Waals surface area contributed by atoms with E-state index in [2.05, 4.69) is 57.5 Å². The fourth-order valence-electron chi connectivity index (χ4n) is 2.89. The van der Waals surface area contributed by atoms with Crippen LogP contribution in [0.2, 0.25) is 0 Å². The predicted molar refractivity (Wildman–Crippen MR) is 83.1 cm³/mol. The normalized spacial score (nSPS) is 22.8. The lowest BCUT2D eigenvalue weighted by Gasteiger charge is -2.36. The number of hydrogen-bond donors (Lipinski definition) is 1. The minimum absolute atomic E-state index is 0.0728. The van der Waals surface area contributed by atoms with E-state index in [1.54, 1.807) is 0 Å². The standard InChI is InChI=1S/C14H17BrN2OS/c1-14(2)8-10(5-6-18-14)17-12-4-3-9(15)7-11(12)16-13(17)19/h3-4,7,10H,5-6,8H2,1-2H3,(H,16,19). The number of halogens is 1. The maximum absolute atomic E-state index is 5.80. The lowest BCUT2D eigenvalue weighted by molar-refractivity contribution is -0.0687. The topological polar surface area (TPSA) is 29.9 Å². The van der Waals surface area contributed by atoms with Gasteiger partial charge in [0.2, 0.25) is 0 Å². The van der Waals surface area contributed by atoms with Gasteiger partial charge in [-0.1, -0.05) is 15.9 Å². The second kappa shape index (κ2) is 4.72. The fourth-order valence-corrected chi connectivity index (χ4v) is 3.60. The molecule has 3 nitrogen and oxygen atoms in total. The monoisotopic (exact) mass is 340 g/mol. The number of H-pyrrole nitrogens is 1. The number of ether oxygens (including phenoxy) is 1. The number of aromatic amines is 1. The third kappa shape index (κ3) is 2.51. The molecule has 2 heterocycles. The molecule has 1 unspecified atom stereocenters. The van der Waals surface area contributed by atoms with Crippen molar-refractivity contribution in [2.45, 2.75) is 38.3 Å². The molecule has 5 heteroatoms. The van der Waals surface area contributed by atoms with Crippen molar-refractivity contribution in [2.24, 2.45) is 0 Å². The average molecular weight is 341 g/mol. The summed E-state index contributed by atoms with van der Waals surface area (Å²) in [5.74, 6) is 0. The van der Waals surface area contributed by atoms with Crippen molar-refractivity contribution in [3.63, 3.8) is 0 Å². The molecule has 1 aliphatic rings. The molecule has 1 aromatic heterocycles. The van der Waals surface area contributed by atoms with Crippen LogP contribution in [0.5, 0.6) is 0 Å². The summed E-state index contributed by atoms with van der Waals surface area (Å²) in [4.78, 5) is 3.30. The van der Waals surface area contributed by atoms with Gasteiger partial charge in [0.15, 0.2) is 4.77 Å². The van der Waals surface area contributed by atoms with E-state index in [1.807, 2.05) is 0 Å². The average Bonchev–Trinajstić information content (AvgIpc) is 2.62. The Bertz CT molecular complexity index is 674. The molecule has 1 N–H and O–H groups in total. The number of hydrogen-bond acceptors (Lipinski definition) is 2. The Morgan fingerprint density at radius 3 is 3.00 bits per heavy atom. The van der Waals surface area contributed by atoms with E-state index in [1.165, 1.54) is 5.52 Å². The molecule has 1 atom stereocenters. The first-order chi connectivity index (χ1) is 8.96.